The van der Waals surface area contributed by atoms with Crippen LogP contribution in [-0.4, -0.2) is 12.4 Å². The zero-order valence-corrected chi connectivity index (χ0v) is 9.61. The Kier molecular flexibility index (Phi) is 3.30. The summed E-state index contributed by atoms with van der Waals surface area (Å²) in [6.07, 6.45) is 1.18. The molecule has 13 heavy (non-hydrogen) atoms. The van der Waals surface area contributed by atoms with Gasteiger partial charge in [0.25, 0.3) is 0 Å². The minimum Gasteiger partial charge on any atom is -0.363 e. The van der Waals surface area contributed by atoms with Gasteiger partial charge in [-0.2, -0.15) is 0 Å². The van der Waals surface area contributed by atoms with Crippen LogP contribution in [0.25, 0.3) is 0 Å². The first-order chi connectivity index (χ1) is 6.36. The third kappa shape index (κ3) is 2.48. The second kappa shape index (κ2) is 4.49. The van der Waals surface area contributed by atoms with E-state index in [2.05, 4.69) is 34.1 Å². The number of hydrogen-bond donors (Lipinski definition) is 0. The molecule has 1 fully saturated rings. The van der Waals surface area contributed by atoms with Crippen molar-refractivity contribution in [2.45, 2.75) is 11.9 Å². The van der Waals surface area contributed by atoms with Crippen LogP contribution < -0.4 is 0 Å². The highest BCUT2D eigenvalue weighted by Crippen LogP contribution is 2.34. The summed E-state index contributed by atoms with van der Waals surface area (Å²) in [6.45, 7) is 0.893. The van der Waals surface area contributed by atoms with E-state index in [0.717, 1.165) is 11.1 Å². The molecule has 0 radical (unpaired) electrons. The fourth-order valence-electron chi connectivity index (χ4n) is 1.33. The van der Waals surface area contributed by atoms with Crippen LogP contribution in [0.5, 0.6) is 0 Å². The maximum Gasteiger partial charge on any atom is 0.128 e. The van der Waals surface area contributed by atoms with Gasteiger partial charge in [-0.25, -0.2) is 0 Å². The summed E-state index contributed by atoms with van der Waals surface area (Å²) in [4.78, 5) is 0. The molecule has 2 rings (SSSR count). The average Bonchev–Trinajstić information content (AvgIpc) is 2.19. The van der Waals surface area contributed by atoms with Crippen LogP contribution in [0.15, 0.2) is 28.7 Å². The number of halogens is 1. The van der Waals surface area contributed by atoms with Crippen molar-refractivity contribution in [3.8, 4) is 0 Å². The Hall–Kier alpha value is 0.01000. The summed E-state index contributed by atoms with van der Waals surface area (Å²) in [6, 6.07) is 8.34. The first kappa shape index (κ1) is 9.56. The molecule has 0 saturated carbocycles. The smallest absolute Gasteiger partial charge is 0.128 e. The maximum atomic E-state index is 5.66. The van der Waals surface area contributed by atoms with E-state index in [0.29, 0.717) is 0 Å². The lowest BCUT2D eigenvalue weighted by atomic mass is 10.2. The van der Waals surface area contributed by atoms with Crippen molar-refractivity contribution < 1.29 is 4.74 Å². The van der Waals surface area contributed by atoms with E-state index in [9.17, 15) is 0 Å². The average molecular weight is 259 g/mol. The zero-order valence-electron chi connectivity index (χ0n) is 7.20. The second-order valence-corrected chi connectivity index (χ2v) is 5.07. The van der Waals surface area contributed by atoms with E-state index in [4.69, 9.17) is 4.74 Å². The van der Waals surface area contributed by atoms with Crippen molar-refractivity contribution in [2.75, 3.05) is 12.4 Å². The van der Waals surface area contributed by atoms with Crippen molar-refractivity contribution in [3.63, 3.8) is 0 Å². The number of rotatable bonds is 1. The lowest BCUT2D eigenvalue weighted by molar-refractivity contribution is 0.106. The third-order valence-electron chi connectivity index (χ3n) is 1.95. The van der Waals surface area contributed by atoms with Gasteiger partial charge in [-0.3, -0.25) is 0 Å². The van der Waals surface area contributed by atoms with Gasteiger partial charge in [0.2, 0.25) is 0 Å². The first-order valence-electron chi connectivity index (χ1n) is 4.35. The third-order valence-corrected chi connectivity index (χ3v) is 3.68. The molecule has 70 valence electrons. The Morgan fingerprint density at radius 1 is 1.46 bits per heavy atom. The van der Waals surface area contributed by atoms with Gasteiger partial charge in [-0.15, -0.1) is 11.8 Å². The highest BCUT2D eigenvalue weighted by molar-refractivity contribution is 9.10. The Balaban J connectivity index is 2.14. The maximum absolute atomic E-state index is 5.66. The quantitative estimate of drug-likeness (QED) is 0.762. The Morgan fingerprint density at radius 2 is 2.38 bits per heavy atom. The van der Waals surface area contributed by atoms with Crippen LogP contribution in [0.2, 0.25) is 0 Å². The van der Waals surface area contributed by atoms with Crippen LogP contribution in [0.1, 0.15) is 17.4 Å². The second-order valence-electron chi connectivity index (χ2n) is 2.98. The lowest BCUT2D eigenvalue weighted by Gasteiger charge is -2.22. The van der Waals surface area contributed by atoms with Crippen molar-refractivity contribution in [2.24, 2.45) is 0 Å². The monoisotopic (exact) mass is 258 g/mol. The van der Waals surface area contributed by atoms with Crippen LogP contribution in [-0.2, 0) is 4.74 Å². The van der Waals surface area contributed by atoms with Crippen molar-refractivity contribution in [3.05, 3.63) is 34.3 Å². The number of thioether (sulfide) groups is 1. The Morgan fingerprint density at radius 3 is 3.08 bits per heavy atom. The molecule has 0 amide bonds. The molecule has 1 atom stereocenters. The van der Waals surface area contributed by atoms with E-state index in [-0.39, 0.29) is 5.44 Å². The van der Waals surface area contributed by atoms with Gasteiger partial charge >= 0.3 is 0 Å². The van der Waals surface area contributed by atoms with Gasteiger partial charge in [0.1, 0.15) is 5.44 Å². The van der Waals surface area contributed by atoms with Gasteiger partial charge in [0, 0.05) is 11.1 Å². The predicted octanol–water partition coefficient (Wildman–Crippen LogP) is 3.60. The fraction of sp³-hybridized carbons (Fsp3) is 0.400. The van der Waals surface area contributed by atoms with Crippen molar-refractivity contribution >= 4 is 27.7 Å². The Labute approximate surface area is 91.0 Å². The number of hydrogen-bond acceptors (Lipinski definition) is 2. The Bertz CT molecular complexity index is 284. The van der Waals surface area contributed by atoms with E-state index < -0.39 is 0 Å². The number of benzene rings is 1. The van der Waals surface area contributed by atoms with Crippen molar-refractivity contribution in [1.29, 1.82) is 0 Å². The molecule has 0 aliphatic carbocycles. The predicted molar refractivity (Wildman–Crippen MR) is 59.9 cm³/mol. The van der Waals surface area contributed by atoms with E-state index in [1.165, 1.54) is 17.7 Å². The van der Waals surface area contributed by atoms with E-state index >= 15 is 0 Å². The molecule has 1 aromatic rings. The SMILES string of the molecule is Brc1cccc([C@H]2OCCCS2)c1. The largest absolute Gasteiger partial charge is 0.363 e. The lowest BCUT2D eigenvalue weighted by Crippen LogP contribution is -2.09. The molecule has 0 unspecified atom stereocenters. The topological polar surface area (TPSA) is 9.23 Å². The van der Waals surface area contributed by atoms with Crippen molar-refractivity contribution in [1.82, 2.24) is 0 Å². The minimum atomic E-state index is 0.242. The molecule has 0 N–H and O–H groups in total. The normalized spacial score (nSPS) is 23.0. The summed E-state index contributed by atoms with van der Waals surface area (Å²) < 4.78 is 6.79. The highest BCUT2D eigenvalue weighted by Gasteiger charge is 2.16. The molecule has 0 aromatic heterocycles. The molecule has 1 aliphatic heterocycles. The molecule has 1 saturated heterocycles. The van der Waals surface area contributed by atoms with Gasteiger partial charge in [0.05, 0.1) is 0 Å². The fourth-order valence-corrected chi connectivity index (χ4v) is 2.78. The van der Waals surface area contributed by atoms with Crippen LogP contribution >= 0.6 is 27.7 Å². The van der Waals surface area contributed by atoms with Gasteiger partial charge < -0.3 is 4.74 Å². The van der Waals surface area contributed by atoms with E-state index in [1.54, 1.807) is 0 Å². The summed E-state index contributed by atoms with van der Waals surface area (Å²) in [5.41, 5.74) is 1.50. The van der Waals surface area contributed by atoms with Crippen LogP contribution in [0.4, 0.5) is 0 Å². The van der Waals surface area contributed by atoms with Crippen LogP contribution in [0.3, 0.4) is 0 Å². The highest BCUT2D eigenvalue weighted by atomic mass is 79.9. The standard InChI is InChI=1S/C10H11BrOS/c11-9-4-1-3-8(7-9)10-12-5-2-6-13-10/h1,3-4,7,10H,2,5-6H2/t10-/m0/s1. The molecule has 1 nitrogen and oxygen atoms in total. The van der Waals surface area contributed by atoms with Gasteiger partial charge in [-0.1, -0.05) is 28.1 Å². The summed E-state index contributed by atoms with van der Waals surface area (Å²) in [7, 11) is 0. The molecule has 0 spiro atoms. The number of ether oxygens (including phenoxy) is 1. The molecular weight excluding hydrogens is 248 g/mol. The molecule has 3 heteroatoms. The molecule has 0 bridgehead atoms. The van der Waals surface area contributed by atoms with Gasteiger partial charge in [-0.05, 0) is 29.9 Å². The summed E-state index contributed by atoms with van der Waals surface area (Å²) >= 11 is 5.35. The minimum absolute atomic E-state index is 0.242. The van der Waals surface area contributed by atoms with Gasteiger partial charge in [0.15, 0.2) is 0 Å². The van der Waals surface area contributed by atoms with E-state index in [1.807, 2.05) is 17.8 Å². The molecule has 1 aromatic carbocycles. The zero-order chi connectivity index (χ0) is 9.10. The summed E-state index contributed by atoms with van der Waals surface area (Å²) in [5, 5.41) is 0. The molecule has 1 heterocycles. The molecule has 1 aliphatic rings. The first-order valence-corrected chi connectivity index (χ1v) is 6.19. The van der Waals surface area contributed by atoms with Crippen LogP contribution in [0, 0.1) is 0 Å². The molecular formula is C10H11BrOS. The summed E-state index contributed by atoms with van der Waals surface area (Å²) in [5.74, 6) is 1.21.